The van der Waals surface area contributed by atoms with Gasteiger partial charge in [-0.3, -0.25) is 0 Å². The van der Waals surface area contributed by atoms with Crippen molar-refractivity contribution < 1.29 is 4.39 Å². The van der Waals surface area contributed by atoms with Gasteiger partial charge in [-0.25, -0.2) is 4.39 Å². The monoisotopic (exact) mass is 265 g/mol. The van der Waals surface area contributed by atoms with Gasteiger partial charge in [-0.1, -0.05) is 31.5 Å². The standard InChI is InChI=1S/C12H17ClFN.ClH/c1-8(2)3-6-12(15)10-5-4-9(14)7-11(10)13;/h4-5,7-8,12H,3,6,15H2,1-2H3;1H/t12-;/m0./s1. The van der Waals surface area contributed by atoms with E-state index in [1.54, 1.807) is 6.07 Å². The summed E-state index contributed by atoms with van der Waals surface area (Å²) < 4.78 is 12.8. The highest BCUT2D eigenvalue weighted by Gasteiger charge is 2.11. The van der Waals surface area contributed by atoms with Gasteiger partial charge in [0.2, 0.25) is 0 Å². The Hall–Kier alpha value is -0.310. The molecule has 92 valence electrons. The maximum atomic E-state index is 12.8. The highest BCUT2D eigenvalue weighted by atomic mass is 35.5. The molecule has 2 N–H and O–H groups in total. The van der Waals surface area contributed by atoms with Crippen LogP contribution in [-0.2, 0) is 0 Å². The summed E-state index contributed by atoms with van der Waals surface area (Å²) in [6, 6.07) is 4.28. The van der Waals surface area contributed by atoms with E-state index in [9.17, 15) is 4.39 Å². The average molecular weight is 266 g/mol. The van der Waals surface area contributed by atoms with Crippen LogP contribution in [0.3, 0.4) is 0 Å². The zero-order valence-electron chi connectivity index (χ0n) is 9.54. The van der Waals surface area contributed by atoms with Crippen molar-refractivity contribution in [2.45, 2.75) is 32.7 Å². The number of hydrogen-bond acceptors (Lipinski definition) is 1. The van der Waals surface area contributed by atoms with Crippen molar-refractivity contribution in [1.82, 2.24) is 0 Å². The van der Waals surface area contributed by atoms with Crippen molar-refractivity contribution in [3.8, 4) is 0 Å². The second kappa shape index (κ2) is 7.10. The van der Waals surface area contributed by atoms with Crippen LogP contribution in [0.4, 0.5) is 4.39 Å². The van der Waals surface area contributed by atoms with Crippen LogP contribution in [0.25, 0.3) is 0 Å². The van der Waals surface area contributed by atoms with Crippen LogP contribution in [0.1, 0.15) is 38.3 Å². The molecule has 1 nitrogen and oxygen atoms in total. The molecule has 0 heterocycles. The first-order chi connectivity index (χ1) is 7.00. The summed E-state index contributed by atoms with van der Waals surface area (Å²) in [5, 5.41) is 0.422. The molecule has 0 saturated carbocycles. The smallest absolute Gasteiger partial charge is 0.124 e. The molecule has 1 aromatic carbocycles. The minimum Gasteiger partial charge on any atom is -0.324 e. The van der Waals surface area contributed by atoms with Gasteiger partial charge in [0.05, 0.1) is 0 Å². The van der Waals surface area contributed by atoms with Crippen molar-refractivity contribution >= 4 is 24.0 Å². The first-order valence-electron chi connectivity index (χ1n) is 5.21. The molecule has 0 fully saturated rings. The summed E-state index contributed by atoms with van der Waals surface area (Å²) in [6.45, 7) is 4.30. The van der Waals surface area contributed by atoms with Crippen molar-refractivity contribution in [3.05, 3.63) is 34.6 Å². The van der Waals surface area contributed by atoms with Crippen LogP contribution in [-0.4, -0.2) is 0 Å². The second-order valence-corrected chi connectivity index (χ2v) is 4.65. The zero-order valence-corrected chi connectivity index (χ0v) is 11.1. The summed E-state index contributed by atoms with van der Waals surface area (Å²) in [7, 11) is 0. The third-order valence-corrected chi connectivity index (χ3v) is 2.74. The number of nitrogens with two attached hydrogens (primary N) is 1. The lowest BCUT2D eigenvalue weighted by Crippen LogP contribution is -2.11. The SMILES string of the molecule is CC(C)CC[C@H](N)c1ccc(F)cc1Cl.Cl. The molecule has 0 unspecified atom stereocenters. The molecule has 0 aliphatic heterocycles. The van der Waals surface area contributed by atoms with Gasteiger partial charge in [-0.2, -0.15) is 0 Å². The molecule has 1 aromatic rings. The van der Waals surface area contributed by atoms with Gasteiger partial charge in [0, 0.05) is 11.1 Å². The molecule has 1 atom stereocenters. The molecule has 1 rings (SSSR count). The van der Waals surface area contributed by atoms with Crippen molar-refractivity contribution in [2.75, 3.05) is 0 Å². The summed E-state index contributed by atoms with van der Waals surface area (Å²) in [5.74, 6) is 0.301. The van der Waals surface area contributed by atoms with E-state index in [0.717, 1.165) is 18.4 Å². The topological polar surface area (TPSA) is 26.0 Å². The quantitative estimate of drug-likeness (QED) is 0.862. The van der Waals surface area contributed by atoms with E-state index in [2.05, 4.69) is 13.8 Å². The molecule has 0 saturated heterocycles. The average Bonchev–Trinajstić information content (AvgIpc) is 2.14. The predicted molar refractivity (Wildman–Crippen MR) is 69.7 cm³/mol. The Morgan fingerprint density at radius 1 is 1.31 bits per heavy atom. The molecular formula is C12H18Cl2FN. The molecule has 0 aliphatic rings. The van der Waals surface area contributed by atoms with Crippen LogP contribution in [0.5, 0.6) is 0 Å². The van der Waals surface area contributed by atoms with E-state index in [1.807, 2.05) is 0 Å². The van der Waals surface area contributed by atoms with Crippen LogP contribution >= 0.6 is 24.0 Å². The highest BCUT2D eigenvalue weighted by molar-refractivity contribution is 6.31. The molecule has 0 bridgehead atoms. The first kappa shape index (κ1) is 15.7. The maximum absolute atomic E-state index is 12.8. The third-order valence-electron chi connectivity index (χ3n) is 2.42. The van der Waals surface area contributed by atoms with Gasteiger partial charge in [-0.05, 0) is 36.5 Å². The van der Waals surface area contributed by atoms with E-state index in [-0.39, 0.29) is 24.3 Å². The van der Waals surface area contributed by atoms with Crippen LogP contribution in [0.15, 0.2) is 18.2 Å². The second-order valence-electron chi connectivity index (χ2n) is 4.24. The molecule has 0 aromatic heterocycles. The first-order valence-corrected chi connectivity index (χ1v) is 5.59. The lowest BCUT2D eigenvalue weighted by atomic mass is 9.98. The van der Waals surface area contributed by atoms with Crippen molar-refractivity contribution in [1.29, 1.82) is 0 Å². The van der Waals surface area contributed by atoms with Crippen molar-refractivity contribution in [3.63, 3.8) is 0 Å². The minimum absolute atomic E-state index is 0. The van der Waals surface area contributed by atoms with E-state index < -0.39 is 0 Å². The lowest BCUT2D eigenvalue weighted by Gasteiger charge is -2.14. The van der Waals surface area contributed by atoms with Crippen molar-refractivity contribution in [2.24, 2.45) is 11.7 Å². The van der Waals surface area contributed by atoms with Crippen LogP contribution < -0.4 is 5.73 Å². The van der Waals surface area contributed by atoms with E-state index in [1.165, 1.54) is 12.1 Å². The molecule has 0 amide bonds. The van der Waals surface area contributed by atoms with Gasteiger partial charge in [0.1, 0.15) is 5.82 Å². The lowest BCUT2D eigenvalue weighted by molar-refractivity contribution is 0.506. The fraction of sp³-hybridized carbons (Fsp3) is 0.500. The molecule has 4 heteroatoms. The normalized spacial score (nSPS) is 12.4. The van der Waals surface area contributed by atoms with Crippen LogP contribution in [0, 0.1) is 11.7 Å². The third kappa shape index (κ3) is 4.69. The summed E-state index contributed by atoms with van der Waals surface area (Å²) in [5.41, 5.74) is 6.82. The Morgan fingerprint density at radius 3 is 2.44 bits per heavy atom. The van der Waals surface area contributed by atoms with E-state index >= 15 is 0 Å². The number of hydrogen-bond donors (Lipinski definition) is 1. The fourth-order valence-electron chi connectivity index (χ4n) is 1.47. The number of halogens is 3. The Kier molecular flexibility index (Phi) is 6.96. The zero-order chi connectivity index (χ0) is 11.4. The largest absolute Gasteiger partial charge is 0.324 e. The van der Waals surface area contributed by atoms with Gasteiger partial charge in [0.25, 0.3) is 0 Å². The predicted octanol–water partition coefficient (Wildman–Crippen LogP) is 4.34. The molecular weight excluding hydrogens is 248 g/mol. The van der Waals surface area contributed by atoms with E-state index in [0.29, 0.717) is 10.9 Å². The number of rotatable bonds is 4. The Labute approximate surface area is 108 Å². The van der Waals surface area contributed by atoms with E-state index in [4.69, 9.17) is 17.3 Å². The Balaban J connectivity index is 0.00000225. The molecule has 16 heavy (non-hydrogen) atoms. The Morgan fingerprint density at radius 2 is 1.94 bits per heavy atom. The van der Waals surface area contributed by atoms with Gasteiger partial charge in [-0.15, -0.1) is 12.4 Å². The molecule has 0 spiro atoms. The fourth-order valence-corrected chi connectivity index (χ4v) is 1.78. The highest BCUT2D eigenvalue weighted by Crippen LogP contribution is 2.26. The summed E-state index contributed by atoms with van der Waals surface area (Å²) in [4.78, 5) is 0. The number of benzene rings is 1. The molecule has 0 aliphatic carbocycles. The maximum Gasteiger partial charge on any atom is 0.124 e. The Bertz CT molecular complexity index is 329. The van der Waals surface area contributed by atoms with Gasteiger partial charge in [0.15, 0.2) is 0 Å². The summed E-state index contributed by atoms with van der Waals surface area (Å²) in [6.07, 6.45) is 1.93. The summed E-state index contributed by atoms with van der Waals surface area (Å²) >= 11 is 5.92. The van der Waals surface area contributed by atoms with Gasteiger partial charge < -0.3 is 5.73 Å². The van der Waals surface area contributed by atoms with Crippen LogP contribution in [0.2, 0.25) is 5.02 Å². The van der Waals surface area contributed by atoms with Gasteiger partial charge >= 0.3 is 0 Å². The minimum atomic E-state index is -0.320. The molecule has 0 radical (unpaired) electrons.